The van der Waals surface area contributed by atoms with E-state index < -0.39 is 4.92 Å². The highest BCUT2D eigenvalue weighted by Crippen LogP contribution is 2.24. The van der Waals surface area contributed by atoms with Crippen molar-refractivity contribution >= 4 is 17.1 Å². The molecule has 1 aromatic rings. The van der Waals surface area contributed by atoms with Gasteiger partial charge in [0.05, 0.1) is 4.92 Å². The minimum absolute atomic E-state index is 0.0715. The lowest BCUT2D eigenvalue weighted by atomic mass is 10.2. The molecule has 1 rings (SSSR count). The molecule has 1 atom stereocenters. The van der Waals surface area contributed by atoms with Crippen molar-refractivity contribution in [2.24, 2.45) is 5.73 Å². The molecule has 6 heteroatoms. The number of hydrogen-bond donors (Lipinski definition) is 3. The number of nitro groups is 1. The molecular formula is C10H16N4O2. The summed E-state index contributed by atoms with van der Waals surface area (Å²) in [6.45, 7) is 2.64. The number of benzene rings is 1. The van der Waals surface area contributed by atoms with Gasteiger partial charge in [-0.3, -0.25) is 10.1 Å². The van der Waals surface area contributed by atoms with Crippen LogP contribution in [0.2, 0.25) is 0 Å². The van der Waals surface area contributed by atoms with Crippen molar-refractivity contribution < 1.29 is 4.92 Å². The zero-order valence-corrected chi connectivity index (χ0v) is 9.14. The fourth-order valence-corrected chi connectivity index (χ4v) is 1.27. The third-order valence-corrected chi connectivity index (χ3v) is 2.15. The van der Waals surface area contributed by atoms with Crippen LogP contribution in [0.5, 0.6) is 0 Å². The third kappa shape index (κ3) is 3.39. The van der Waals surface area contributed by atoms with E-state index in [0.29, 0.717) is 0 Å². The summed E-state index contributed by atoms with van der Waals surface area (Å²) in [5.41, 5.74) is 12.0. The maximum Gasteiger partial charge on any atom is 0.292 e. The van der Waals surface area contributed by atoms with E-state index in [1.54, 1.807) is 12.1 Å². The van der Waals surface area contributed by atoms with E-state index in [4.69, 9.17) is 11.5 Å². The zero-order valence-electron chi connectivity index (χ0n) is 9.14. The summed E-state index contributed by atoms with van der Waals surface area (Å²) in [5.74, 6) is 0. The highest BCUT2D eigenvalue weighted by molar-refractivity contribution is 5.65. The highest BCUT2D eigenvalue weighted by atomic mass is 16.6. The first-order valence-electron chi connectivity index (χ1n) is 5.04. The van der Waals surface area contributed by atoms with Crippen LogP contribution in [0.1, 0.15) is 13.3 Å². The molecular weight excluding hydrogens is 208 g/mol. The van der Waals surface area contributed by atoms with Crippen LogP contribution in [0.25, 0.3) is 0 Å². The van der Waals surface area contributed by atoms with E-state index >= 15 is 0 Å². The molecule has 0 aliphatic rings. The number of hydrogen-bond acceptors (Lipinski definition) is 5. The van der Waals surface area contributed by atoms with Gasteiger partial charge in [-0.2, -0.15) is 0 Å². The van der Waals surface area contributed by atoms with Gasteiger partial charge in [0.15, 0.2) is 0 Å². The minimum atomic E-state index is -0.499. The van der Waals surface area contributed by atoms with Crippen LogP contribution in [0.15, 0.2) is 18.2 Å². The normalized spacial score (nSPS) is 12.1. The molecule has 1 unspecified atom stereocenters. The topological polar surface area (TPSA) is 107 Å². The Morgan fingerprint density at radius 2 is 2.25 bits per heavy atom. The standard InChI is InChI=1S/C10H16N4O2/c1-7(11)4-5-13-8-2-3-10(14(15)16)9(12)6-8/h2-3,6-7,13H,4-5,11-12H2,1H3. The molecule has 0 bridgehead atoms. The molecule has 0 aromatic heterocycles. The summed E-state index contributed by atoms with van der Waals surface area (Å²) in [6.07, 6.45) is 0.830. The second-order valence-corrected chi connectivity index (χ2v) is 3.72. The summed E-state index contributed by atoms with van der Waals surface area (Å²) >= 11 is 0. The average molecular weight is 224 g/mol. The van der Waals surface area contributed by atoms with Gasteiger partial charge in [0.2, 0.25) is 0 Å². The van der Waals surface area contributed by atoms with Gasteiger partial charge < -0.3 is 16.8 Å². The number of nitrogens with two attached hydrogens (primary N) is 2. The summed E-state index contributed by atoms with van der Waals surface area (Å²) in [6, 6.07) is 4.71. The first-order chi connectivity index (χ1) is 7.50. The molecule has 16 heavy (non-hydrogen) atoms. The molecule has 0 saturated heterocycles. The SMILES string of the molecule is CC(N)CCNc1ccc([N+](=O)[O-])c(N)c1. The zero-order chi connectivity index (χ0) is 12.1. The van der Waals surface area contributed by atoms with Crippen molar-refractivity contribution in [2.45, 2.75) is 19.4 Å². The van der Waals surface area contributed by atoms with E-state index in [-0.39, 0.29) is 17.4 Å². The van der Waals surface area contributed by atoms with Crippen molar-refractivity contribution in [1.29, 1.82) is 0 Å². The predicted octanol–water partition coefficient (Wildman–Crippen LogP) is 1.33. The van der Waals surface area contributed by atoms with E-state index in [0.717, 1.165) is 18.7 Å². The molecule has 88 valence electrons. The number of nitrogens with one attached hydrogen (secondary N) is 1. The van der Waals surface area contributed by atoms with Gasteiger partial charge in [-0.1, -0.05) is 0 Å². The lowest BCUT2D eigenvalue weighted by molar-refractivity contribution is -0.383. The lowest BCUT2D eigenvalue weighted by Crippen LogP contribution is -2.19. The molecule has 0 amide bonds. The van der Waals surface area contributed by atoms with Gasteiger partial charge in [0, 0.05) is 24.3 Å². The van der Waals surface area contributed by atoms with Gasteiger partial charge in [-0.25, -0.2) is 0 Å². The third-order valence-electron chi connectivity index (χ3n) is 2.15. The van der Waals surface area contributed by atoms with Crippen molar-refractivity contribution in [3.05, 3.63) is 28.3 Å². The second-order valence-electron chi connectivity index (χ2n) is 3.72. The molecule has 0 fully saturated rings. The summed E-state index contributed by atoms with van der Waals surface area (Å²) in [7, 11) is 0. The fourth-order valence-electron chi connectivity index (χ4n) is 1.27. The second kappa shape index (κ2) is 5.32. The van der Waals surface area contributed by atoms with Crippen LogP contribution in [-0.2, 0) is 0 Å². The Kier molecular flexibility index (Phi) is 4.07. The van der Waals surface area contributed by atoms with Crippen molar-refractivity contribution in [2.75, 3.05) is 17.6 Å². The Morgan fingerprint density at radius 3 is 2.75 bits per heavy atom. The minimum Gasteiger partial charge on any atom is -0.393 e. The first-order valence-corrected chi connectivity index (χ1v) is 5.04. The van der Waals surface area contributed by atoms with E-state index in [9.17, 15) is 10.1 Å². The Labute approximate surface area is 93.8 Å². The molecule has 5 N–H and O–H groups in total. The van der Waals surface area contributed by atoms with Crippen LogP contribution in [0.3, 0.4) is 0 Å². The molecule has 0 saturated carbocycles. The van der Waals surface area contributed by atoms with Crippen molar-refractivity contribution in [1.82, 2.24) is 0 Å². The molecule has 0 radical (unpaired) electrons. The molecule has 0 spiro atoms. The number of rotatable bonds is 5. The average Bonchev–Trinajstić information content (AvgIpc) is 2.16. The van der Waals surface area contributed by atoms with Gasteiger partial charge in [0.1, 0.15) is 5.69 Å². The number of nitrogen functional groups attached to an aromatic ring is 1. The lowest BCUT2D eigenvalue weighted by Gasteiger charge is -2.08. The Bertz CT molecular complexity index is 379. The molecule has 6 nitrogen and oxygen atoms in total. The number of nitrogens with zero attached hydrogens (tertiary/aromatic N) is 1. The quantitative estimate of drug-likeness (QED) is 0.397. The number of nitro benzene ring substituents is 1. The van der Waals surface area contributed by atoms with E-state index in [2.05, 4.69) is 5.32 Å². The summed E-state index contributed by atoms with van der Waals surface area (Å²) in [4.78, 5) is 10.0. The largest absolute Gasteiger partial charge is 0.393 e. The molecule has 0 heterocycles. The maximum absolute atomic E-state index is 10.5. The van der Waals surface area contributed by atoms with E-state index in [1.807, 2.05) is 6.92 Å². The summed E-state index contributed by atoms with van der Waals surface area (Å²) < 4.78 is 0. The highest BCUT2D eigenvalue weighted by Gasteiger charge is 2.10. The molecule has 0 aliphatic heterocycles. The van der Waals surface area contributed by atoms with Gasteiger partial charge in [-0.15, -0.1) is 0 Å². The molecule has 0 aliphatic carbocycles. The van der Waals surface area contributed by atoms with Crippen molar-refractivity contribution in [3.8, 4) is 0 Å². The van der Waals surface area contributed by atoms with Crippen molar-refractivity contribution in [3.63, 3.8) is 0 Å². The Morgan fingerprint density at radius 1 is 1.56 bits per heavy atom. The van der Waals surface area contributed by atoms with Crippen LogP contribution in [0, 0.1) is 10.1 Å². The van der Waals surface area contributed by atoms with Gasteiger partial charge >= 0.3 is 0 Å². The molecule has 1 aromatic carbocycles. The van der Waals surface area contributed by atoms with Crippen LogP contribution in [-0.4, -0.2) is 17.5 Å². The Balaban J connectivity index is 2.63. The van der Waals surface area contributed by atoms with Crippen LogP contribution >= 0.6 is 0 Å². The van der Waals surface area contributed by atoms with E-state index in [1.165, 1.54) is 6.07 Å². The maximum atomic E-state index is 10.5. The Hall–Kier alpha value is -1.82. The van der Waals surface area contributed by atoms with Crippen LogP contribution < -0.4 is 16.8 Å². The monoisotopic (exact) mass is 224 g/mol. The number of anilines is 2. The smallest absolute Gasteiger partial charge is 0.292 e. The van der Waals surface area contributed by atoms with Gasteiger partial charge in [0.25, 0.3) is 5.69 Å². The summed E-state index contributed by atoms with van der Waals surface area (Å²) in [5, 5.41) is 13.6. The van der Waals surface area contributed by atoms with Crippen LogP contribution in [0.4, 0.5) is 17.1 Å². The predicted molar refractivity (Wildman–Crippen MR) is 64.3 cm³/mol. The first kappa shape index (κ1) is 12.3. The van der Waals surface area contributed by atoms with Gasteiger partial charge in [-0.05, 0) is 25.5 Å². The fraction of sp³-hybridized carbons (Fsp3) is 0.400.